The molecule has 0 atom stereocenters. The highest BCUT2D eigenvalue weighted by atomic mass is 32.2. The second kappa shape index (κ2) is 6.35. The first-order valence-corrected chi connectivity index (χ1v) is 8.47. The van der Waals surface area contributed by atoms with E-state index in [9.17, 15) is 4.79 Å². The topological polar surface area (TPSA) is 57.8 Å². The maximum atomic E-state index is 12.0. The number of rotatable bonds is 5. The molecule has 0 aliphatic heterocycles. The summed E-state index contributed by atoms with van der Waals surface area (Å²) < 4.78 is 0. The van der Waals surface area contributed by atoms with Gasteiger partial charge in [0.25, 0.3) is 5.56 Å². The van der Waals surface area contributed by atoms with E-state index >= 15 is 0 Å². The Kier molecular flexibility index (Phi) is 4.29. The summed E-state index contributed by atoms with van der Waals surface area (Å²) in [6.45, 7) is 2.16. The molecular weight excluding hydrogens is 282 g/mol. The molecule has 1 heterocycles. The fourth-order valence-electron chi connectivity index (χ4n) is 2.54. The van der Waals surface area contributed by atoms with Crippen LogP contribution in [0.3, 0.4) is 0 Å². The van der Waals surface area contributed by atoms with Crippen LogP contribution in [0, 0.1) is 0 Å². The second-order valence-corrected chi connectivity index (χ2v) is 6.43. The molecule has 0 radical (unpaired) electrons. The van der Waals surface area contributed by atoms with Crippen LogP contribution in [-0.4, -0.2) is 15.7 Å². The van der Waals surface area contributed by atoms with Crippen molar-refractivity contribution in [2.45, 2.75) is 31.9 Å². The summed E-state index contributed by atoms with van der Waals surface area (Å²) in [7, 11) is 0. The smallest absolute Gasteiger partial charge is 0.255 e. The maximum absolute atomic E-state index is 12.0. The zero-order valence-electron chi connectivity index (χ0n) is 12.1. The van der Waals surface area contributed by atoms with Gasteiger partial charge in [-0.1, -0.05) is 19.1 Å². The number of nitrogens with zero attached hydrogens (tertiary/aromatic N) is 1. The highest BCUT2D eigenvalue weighted by Gasteiger charge is 2.16. The molecule has 4 nitrogen and oxygen atoms in total. The SMILES string of the molecule is CCSCc1ccc(Nc2nc3c(c(=O)[nH]2)CCC3)cc1. The predicted octanol–water partition coefficient (Wildman–Crippen LogP) is 3.26. The fourth-order valence-corrected chi connectivity index (χ4v) is 3.17. The highest BCUT2D eigenvalue weighted by Crippen LogP contribution is 2.20. The molecule has 21 heavy (non-hydrogen) atoms. The summed E-state index contributed by atoms with van der Waals surface area (Å²) in [5, 5.41) is 3.18. The van der Waals surface area contributed by atoms with Gasteiger partial charge < -0.3 is 5.32 Å². The Bertz CT molecular complexity index is 679. The van der Waals surface area contributed by atoms with Gasteiger partial charge in [-0.2, -0.15) is 11.8 Å². The molecule has 0 unspecified atom stereocenters. The maximum Gasteiger partial charge on any atom is 0.255 e. The van der Waals surface area contributed by atoms with Crippen LogP contribution in [0.5, 0.6) is 0 Å². The van der Waals surface area contributed by atoms with Crippen molar-refractivity contribution >= 4 is 23.4 Å². The van der Waals surface area contributed by atoms with Crippen LogP contribution in [0.4, 0.5) is 11.6 Å². The van der Waals surface area contributed by atoms with Crippen LogP contribution in [0.2, 0.25) is 0 Å². The lowest BCUT2D eigenvalue weighted by atomic mass is 10.2. The van der Waals surface area contributed by atoms with Crippen molar-refractivity contribution in [3.05, 3.63) is 51.4 Å². The van der Waals surface area contributed by atoms with Gasteiger partial charge in [0.2, 0.25) is 5.95 Å². The van der Waals surface area contributed by atoms with E-state index in [1.54, 1.807) is 0 Å². The molecule has 2 aromatic rings. The van der Waals surface area contributed by atoms with Gasteiger partial charge in [0, 0.05) is 17.0 Å². The molecule has 0 saturated heterocycles. The first-order chi connectivity index (χ1) is 10.3. The van der Waals surface area contributed by atoms with E-state index in [1.807, 2.05) is 23.9 Å². The number of hydrogen-bond donors (Lipinski definition) is 2. The Labute approximate surface area is 128 Å². The average Bonchev–Trinajstić information content (AvgIpc) is 2.95. The minimum absolute atomic E-state index is 0.00374. The first kappa shape index (κ1) is 14.2. The number of fused-ring (bicyclic) bond motifs is 1. The van der Waals surface area contributed by atoms with Crippen molar-refractivity contribution in [3.8, 4) is 0 Å². The lowest BCUT2D eigenvalue weighted by molar-refractivity contribution is 0.899. The van der Waals surface area contributed by atoms with E-state index in [2.05, 4.69) is 34.3 Å². The molecule has 5 heteroatoms. The van der Waals surface area contributed by atoms with Crippen molar-refractivity contribution in [3.63, 3.8) is 0 Å². The van der Waals surface area contributed by atoms with Gasteiger partial charge >= 0.3 is 0 Å². The van der Waals surface area contributed by atoms with Crippen LogP contribution in [0.25, 0.3) is 0 Å². The predicted molar refractivity (Wildman–Crippen MR) is 88.4 cm³/mol. The van der Waals surface area contributed by atoms with E-state index in [-0.39, 0.29) is 5.56 Å². The zero-order chi connectivity index (χ0) is 14.7. The van der Waals surface area contributed by atoms with Crippen LogP contribution in [0.1, 0.15) is 30.2 Å². The van der Waals surface area contributed by atoms with Crippen LogP contribution in [-0.2, 0) is 18.6 Å². The summed E-state index contributed by atoms with van der Waals surface area (Å²) in [6.07, 6.45) is 2.78. The Balaban J connectivity index is 1.75. The normalized spacial score (nSPS) is 13.2. The Hall–Kier alpha value is -1.75. The molecule has 0 amide bonds. The number of aromatic nitrogens is 2. The molecular formula is C16H19N3OS. The molecule has 1 aromatic heterocycles. The van der Waals surface area contributed by atoms with Crippen molar-refractivity contribution in [2.75, 3.05) is 11.1 Å². The van der Waals surface area contributed by atoms with Crippen molar-refractivity contribution in [2.24, 2.45) is 0 Å². The number of hydrogen-bond acceptors (Lipinski definition) is 4. The highest BCUT2D eigenvalue weighted by molar-refractivity contribution is 7.98. The van der Waals surface area contributed by atoms with Gasteiger partial charge in [-0.3, -0.25) is 9.78 Å². The third-order valence-electron chi connectivity index (χ3n) is 3.63. The number of nitrogens with one attached hydrogen (secondary N) is 2. The third-order valence-corrected chi connectivity index (χ3v) is 4.58. The van der Waals surface area contributed by atoms with Crippen LogP contribution in [0.15, 0.2) is 29.1 Å². The van der Waals surface area contributed by atoms with Crippen molar-refractivity contribution in [1.29, 1.82) is 0 Å². The lowest BCUT2D eigenvalue weighted by Gasteiger charge is -2.08. The average molecular weight is 301 g/mol. The summed E-state index contributed by atoms with van der Waals surface area (Å²) in [4.78, 5) is 19.3. The van der Waals surface area contributed by atoms with Gasteiger partial charge in [0.1, 0.15) is 0 Å². The molecule has 3 rings (SSSR count). The van der Waals surface area contributed by atoms with Gasteiger partial charge in [0.05, 0.1) is 5.69 Å². The number of aryl methyl sites for hydroxylation is 1. The standard InChI is InChI=1S/C16H19N3OS/c1-2-21-10-11-6-8-12(9-7-11)17-16-18-14-5-3-4-13(14)15(20)19-16/h6-9H,2-5,10H2,1H3,(H2,17,18,19,20). The quantitative estimate of drug-likeness (QED) is 0.890. The minimum Gasteiger partial charge on any atom is -0.326 e. The van der Waals surface area contributed by atoms with Gasteiger partial charge in [-0.25, -0.2) is 4.98 Å². The van der Waals surface area contributed by atoms with E-state index in [1.165, 1.54) is 5.56 Å². The van der Waals surface area contributed by atoms with Crippen molar-refractivity contribution in [1.82, 2.24) is 9.97 Å². The molecule has 0 fully saturated rings. The van der Waals surface area contributed by atoms with E-state index < -0.39 is 0 Å². The molecule has 0 spiro atoms. The summed E-state index contributed by atoms with van der Waals surface area (Å²) in [5.74, 6) is 2.70. The second-order valence-electron chi connectivity index (χ2n) is 5.15. The molecule has 1 aromatic carbocycles. The van der Waals surface area contributed by atoms with Gasteiger partial charge in [-0.05, 0) is 42.7 Å². The molecule has 0 bridgehead atoms. The van der Waals surface area contributed by atoms with Gasteiger partial charge in [0.15, 0.2) is 0 Å². The van der Waals surface area contributed by atoms with Gasteiger partial charge in [-0.15, -0.1) is 0 Å². The Morgan fingerprint density at radius 3 is 2.86 bits per heavy atom. The molecule has 1 aliphatic rings. The van der Waals surface area contributed by atoms with Crippen LogP contribution >= 0.6 is 11.8 Å². The first-order valence-electron chi connectivity index (χ1n) is 7.32. The monoisotopic (exact) mass is 301 g/mol. The molecule has 2 N–H and O–H groups in total. The number of benzene rings is 1. The molecule has 0 saturated carbocycles. The Morgan fingerprint density at radius 2 is 2.10 bits per heavy atom. The van der Waals surface area contributed by atoms with Crippen LogP contribution < -0.4 is 10.9 Å². The summed E-state index contributed by atoms with van der Waals surface area (Å²) >= 11 is 1.91. The molecule has 110 valence electrons. The Morgan fingerprint density at radius 1 is 1.29 bits per heavy atom. The summed E-state index contributed by atoms with van der Waals surface area (Å²) in [5.41, 5.74) is 4.05. The molecule has 1 aliphatic carbocycles. The zero-order valence-corrected chi connectivity index (χ0v) is 12.9. The third kappa shape index (κ3) is 3.29. The minimum atomic E-state index is -0.00374. The van der Waals surface area contributed by atoms with E-state index in [0.717, 1.165) is 47.7 Å². The number of thioether (sulfide) groups is 1. The van der Waals surface area contributed by atoms with E-state index in [0.29, 0.717) is 5.95 Å². The number of aromatic amines is 1. The largest absolute Gasteiger partial charge is 0.326 e. The summed E-state index contributed by atoms with van der Waals surface area (Å²) in [6, 6.07) is 8.27. The van der Waals surface area contributed by atoms with E-state index in [4.69, 9.17) is 0 Å². The lowest BCUT2D eigenvalue weighted by Crippen LogP contribution is -2.16. The number of H-pyrrole nitrogens is 1. The number of anilines is 2. The fraction of sp³-hybridized carbons (Fsp3) is 0.375. The van der Waals surface area contributed by atoms with Crippen molar-refractivity contribution < 1.29 is 0 Å².